The van der Waals surface area contributed by atoms with Gasteiger partial charge in [0.15, 0.2) is 11.5 Å². The second kappa shape index (κ2) is 8.35. The Balaban J connectivity index is 2.96. The second-order valence-corrected chi connectivity index (χ2v) is 4.35. The predicted molar refractivity (Wildman–Crippen MR) is 77.7 cm³/mol. The molecule has 19 heavy (non-hydrogen) atoms. The fourth-order valence-electron chi connectivity index (χ4n) is 2.01. The van der Waals surface area contributed by atoms with E-state index in [9.17, 15) is 4.79 Å². The van der Waals surface area contributed by atoms with Crippen LogP contribution in [0, 0.1) is 0 Å². The minimum absolute atomic E-state index is 0.687. The molecule has 0 radical (unpaired) electrons. The van der Waals surface area contributed by atoms with Crippen molar-refractivity contribution in [2.75, 3.05) is 14.2 Å². The number of carbonyl (C=O) groups excluding carboxylic acids is 1. The molecular formula is C16H22O3. The number of methoxy groups -OCH3 is 2. The van der Waals surface area contributed by atoms with Crippen LogP contribution < -0.4 is 9.47 Å². The van der Waals surface area contributed by atoms with Gasteiger partial charge in [0.25, 0.3) is 0 Å². The zero-order chi connectivity index (χ0) is 14.1. The minimum Gasteiger partial charge on any atom is -0.493 e. The number of hydrogen-bond acceptors (Lipinski definition) is 3. The van der Waals surface area contributed by atoms with Crippen LogP contribution in [0.4, 0.5) is 0 Å². The van der Waals surface area contributed by atoms with E-state index in [1.165, 1.54) is 12.8 Å². The molecule has 0 aromatic heterocycles. The van der Waals surface area contributed by atoms with Crippen molar-refractivity contribution in [2.24, 2.45) is 0 Å². The Hall–Kier alpha value is -1.77. The van der Waals surface area contributed by atoms with Crippen LogP contribution in [-0.4, -0.2) is 20.5 Å². The molecule has 1 aromatic carbocycles. The van der Waals surface area contributed by atoms with Gasteiger partial charge >= 0.3 is 0 Å². The summed E-state index contributed by atoms with van der Waals surface area (Å²) in [4.78, 5) is 10.8. The van der Waals surface area contributed by atoms with Gasteiger partial charge in [0.05, 0.1) is 14.2 Å². The van der Waals surface area contributed by atoms with E-state index in [2.05, 4.69) is 6.92 Å². The van der Waals surface area contributed by atoms with E-state index in [4.69, 9.17) is 9.47 Å². The lowest BCUT2D eigenvalue weighted by Crippen LogP contribution is -1.93. The Morgan fingerprint density at radius 2 is 1.89 bits per heavy atom. The van der Waals surface area contributed by atoms with Crippen molar-refractivity contribution >= 4 is 11.9 Å². The average molecular weight is 262 g/mol. The van der Waals surface area contributed by atoms with Crippen molar-refractivity contribution in [1.29, 1.82) is 0 Å². The Bertz CT molecular complexity index is 436. The van der Waals surface area contributed by atoms with E-state index in [1.54, 1.807) is 20.3 Å². The third-order valence-electron chi connectivity index (χ3n) is 3.07. The van der Waals surface area contributed by atoms with Crippen molar-refractivity contribution in [1.82, 2.24) is 0 Å². The highest BCUT2D eigenvalue weighted by molar-refractivity contribution is 5.82. The molecule has 3 heteroatoms. The molecule has 0 spiro atoms. The summed E-state index contributed by atoms with van der Waals surface area (Å²) in [7, 11) is 3.22. The zero-order valence-corrected chi connectivity index (χ0v) is 11.9. The van der Waals surface area contributed by atoms with E-state index in [-0.39, 0.29) is 0 Å². The van der Waals surface area contributed by atoms with Gasteiger partial charge in [-0.15, -0.1) is 0 Å². The third kappa shape index (κ3) is 4.43. The number of carbonyl (C=O) groups is 1. The number of benzene rings is 1. The highest BCUT2D eigenvalue weighted by Crippen LogP contribution is 2.31. The molecule has 0 saturated carbocycles. The second-order valence-electron chi connectivity index (χ2n) is 4.35. The van der Waals surface area contributed by atoms with Crippen LogP contribution in [0.1, 0.15) is 38.2 Å². The van der Waals surface area contributed by atoms with Crippen molar-refractivity contribution < 1.29 is 14.3 Å². The van der Waals surface area contributed by atoms with Crippen molar-refractivity contribution in [3.8, 4) is 11.5 Å². The van der Waals surface area contributed by atoms with Crippen LogP contribution in [0.2, 0.25) is 0 Å². The molecule has 0 aliphatic carbocycles. The summed E-state index contributed by atoms with van der Waals surface area (Å²) in [6.07, 6.45) is 6.81. The lowest BCUT2D eigenvalue weighted by molar-refractivity contribution is -0.104. The maximum atomic E-state index is 10.8. The topological polar surface area (TPSA) is 35.5 Å². The first-order valence-electron chi connectivity index (χ1n) is 6.63. The summed E-state index contributed by atoms with van der Waals surface area (Å²) in [6, 6.07) is 5.75. The smallest absolute Gasteiger partial charge is 0.161 e. The van der Waals surface area contributed by atoms with Crippen molar-refractivity contribution in [3.05, 3.63) is 29.8 Å². The van der Waals surface area contributed by atoms with Gasteiger partial charge in [0, 0.05) is 0 Å². The zero-order valence-electron chi connectivity index (χ0n) is 11.9. The SMILES string of the molecule is CCCCC/C(=C\C=O)c1ccc(OC)c(OC)c1. The Labute approximate surface area is 115 Å². The van der Waals surface area contributed by atoms with E-state index < -0.39 is 0 Å². The predicted octanol–water partition coefficient (Wildman–Crippen LogP) is 3.87. The summed E-state index contributed by atoms with van der Waals surface area (Å²) in [5.41, 5.74) is 2.06. The normalized spacial score (nSPS) is 11.2. The van der Waals surface area contributed by atoms with E-state index in [0.29, 0.717) is 11.5 Å². The molecule has 0 saturated heterocycles. The number of allylic oxidation sites excluding steroid dienone is 2. The first-order valence-corrected chi connectivity index (χ1v) is 6.63. The lowest BCUT2D eigenvalue weighted by Gasteiger charge is -2.11. The molecule has 0 bridgehead atoms. The molecule has 0 atom stereocenters. The van der Waals surface area contributed by atoms with Crippen molar-refractivity contribution in [2.45, 2.75) is 32.6 Å². The van der Waals surface area contributed by atoms with Gasteiger partial charge in [-0.25, -0.2) is 0 Å². The molecule has 0 aliphatic heterocycles. The fourth-order valence-corrected chi connectivity index (χ4v) is 2.01. The van der Waals surface area contributed by atoms with Crippen LogP contribution >= 0.6 is 0 Å². The van der Waals surface area contributed by atoms with Crippen LogP contribution in [0.3, 0.4) is 0 Å². The monoisotopic (exact) mass is 262 g/mol. The van der Waals surface area contributed by atoms with Gasteiger partial charge in [-0.2, -0.15) is 0 Å². The minimum atomic E-state index is 0.687. The quantitative estimate of drug-likeness (QED) is 0.405. The summed E-state index contributed by atoms with van der Waals surface area (Å²) in [5, 5.41) is 0. The maximum Gasteiger partial charge on any atom is 0.161 e. The molecular weight excluding hydrogens is 240 g/mol. The highest BCUT2D eigenvalue weighted by Gasteiger charge is 2.08. The van der Waals surface area contributed by atoms with E-state index >= 15 is 0 Å². The third-order valence-corrected chi connectivity index (χ3v) is 3.07. The fraction of sp³-hybridized carbons (Fsp3) is 0.438. The van der Waals surface area contributed by atoms with Gasteiger partial charge in [-0.3, -0.25) is 4.79 Å². The molecule has 3 nitrogen and oxygen atoms in total. The molecule has 1 aromatic rings. The number of aldehydes is 1. The van der Waals surface area contributed by atoms with E-state index in [0.717, 1.165) is 30.3 Å². The van der Waals surface area contributed by atoms with Gasteiger partial charge < -0.3 is 9.47 Å². The number of rotatable bonds is 8. The van der Waals surface area contributed by atoms with Gasteiger partial charge in [0.1, 0.15) is 6.29 Å². The Kier molecular flexibility index (Phi) is 6.72. The molecule has 0 unspecified atom stereocenters. The summed E-state index contributed by atoms with van der Waals surface area (Å²) < 4.78 is 10.5. The van der Waals surface area contributed by atoms with E-state index in [1.807, 2.05) is 18.2 Å². The highest BCUT2D eigenvalue weighted by atomic mass is 16.5. The Morgan fingerprint density at radius 3 is 2.47 bits per heavy atom. The summed E-state index contributed by atoms with van der Waals surface area (Å²) in [6.45, 7) is 2.17. The molecule has 0 aliphatic rings. The summed E-state index contributed by atoms with van der Waals surface area (Å²) >= 11 is 0. The molecule has 0 fully saturated rings. The van der Waals surface area contributed by atoms with Crippen LogP contribution in [-0.2, 0) is 4.79 Å². The standard InChI is InChI=1S/C16H22O3/c1-4-5-6-7-13(10-11-17)14-8-9-15(18-2)16(12-14)19-3/h8-12H,4-7H2,1-3H3/b13-10+. The first kappa shape index (κ1) is 15.3. The van der Waals surface area contributed by atoms with Gasteiger partial charge in [-0.1, -0.05) is 25.8 Å². The average Bonchev–Trinajstić information content (AvgIpc) is 2.45. The first-order chi connectivity index (χ1) is 9.26. The van der Waals surface area contributed by atoms with Gasteiger partial charge in [0.2, 0.25) is 0 Å². The van der Waals surface area contributed by atoms with Crippen LogP contribution in [0.5, 0.6) is 11.5 Å². The summed E-state index contributed by atoms with van der Waals surface area (Å²) in [5.74, 6) is 1.39. The van der Waals surface area contributed by atoms with Crippen LogP contribution in [0.15, 0.2) is 24.3 Å². The molecule has 0 heterocycles. The maximum absolute atomic E-state index is 10.8. The molecule has 0 amide bonds. The van der Waals surface area contributed by atoms with Gasteiger partial charge in [-0.05, 0) is 42.2 Å². The van der Waals surface area contributed by atoms with Crippen LogP contribution in [0.25, 0.3) is 5.57 Å². The number of hydrogen-bond donors (Lipinski definition) is 0. The largest absolute Gasteiger partial charge is 0.493 e. The van der Waals surface area contributed by atoms with Crippen molar-refractivity contribution in [3.63, 3.8) is 0 Å². The number of ether oxygens (including phenoxy) is 2. The molecule has 0 N–H and O–H groups in total. The Morgan fingerprint density at radius 1 is 1.16 bits per heavy atom. The lowest BCUT2D eigenvalue weighted by atomic mass is 9.99. The molecule has 1 rings (SSSR count). The number of unbranched alkanes of at least 4 members (excludes halogenated alkanes) is 2. The molecule has 104 valence electrons.